The Balaban J connectivity index is 1.41. The van der Waals surface area contributed by atoms with E-state index in [-0.39, 0.29) is 17.8 Å². The summed E-state index contributed by atoms with van der Waals surface area (Å²) in [4.78, 5) is 19.1. The molecule has 26 heavy (non-hydrogen) atoms. The number of hydrogen-bond donors (Lipinski definition) is 1. The molecule has 2 aromatic rings. The van der Waals surface area contributed by atoms with Crippen LogP contribution in [-0.4, -0.2) is 35.2 Å². The molecule has 1 N–H and O–H groups in total. The van der Waals surface area contributed by atoms with Gasteiger partial charge in [0.2, 0.25) is 5.82 Å². The van der Waals surface area contributed by atoms with Crippen LogP contribution in [-0.2, 0) is 0 Å². The molecule has 1 aromatic heterocycles. The smallest absolute Gasteiger partial charge is 0.316 e. The Bertz CT molecular complexity index is 727. The molecule has 1 saturated carbocycles. The van der Waals surface area contributed by atoms with Crippen molar-refractivity contribution in [1.29, 1.82) is 0 Å². The summed E-state index contributed by atoms with van der Waals surface area (Å²) in [6, 6.07) is 8.38. The fourth-order valence-corrected chi connectivity index (χ4v) is 3.90. The molecule has 1 aliphatic heterocycles. The lowest BCUT2D eigenvalue weighted by molar-refractivity contribution is 0.0889. The van der Waals surface area contributed by atoms with Crippen LogP contribution in [0.5, 0.6) is 0 Å². The van der Waals surface area contributed by atoms with Gasteiger partial charge in [-0.3, -0.25) is 4.79 Å². The van der Waals surface area contributed by atoms with Gasteiger partial charge in [-0.05, 0) is 49.9 Å². The maximum Gasteiger partial charge on any atom is 0.316 e. The minimum Gasteiger partial charge on any atom is -0.372 e. The van der Waals surface area contributed by atoms with Gasteiger partial charge in [0, 0.05) is 30.4 Å². The molecule has 1 amide bonds. The predicted molar refractivity (Wildman–Crippen MR) is 100 cm³/mol. The SMILES string of the molecule is O=C(NC1CCCCCC1)c1nc(-c2ccc(N3CCCC3)cc2)no1. The highest BCUT2D eigenvalue weighted by atomic mass is 16.5. The molecule has 0 bridgehead atoms. The number of aromatic nitrogens is 2. The maximum atomic E-state index is 12.4. The maximum absolute atomic E-state index is 12.4. The molecule has 2 heterocycles. The van der Waals surface area contributed by atoms with Crippen LogP contribution in [0.2, 0.25) is 0 Å². The molecular weight excluding hydrogens is 328 g/mol. The van der Waals surface area contributed by atoms with E-state index in [1.807, 2.05) is 12.1 Å². The van der Waals surface area contributed by atoms with E-state index in [0.717, 1.165) is 31.5 Å². The number of rotatable bonds is 4. The summed E-state index contributed by atoms with van der Waals surface area (Å²) in [5.41, 5.74) is 2.09. The summed E-state index contributed by atoms with van der Waals surface area (Å²) in [6.45, 7) is 2.24. The van der Waals surface area contributed by atoms with Gasteiger partial charge in [-0.15, -0.1) is 0 Å². The summed E-state index contributed by atoms with van der Waals surface area (Å²) in [7, 11) is 0. The summed E-state index contributed by atoms with van der Waals surface area (Å²) in [6.07, 6.45) is 9.43. The van der Waals surface area contributed by atoms with Crippen molar-refractivity contribution in [3.05, 3.63) is 30.2 Å². The lowest BCUT2D eigenvalue weighted by Crippen LogP contribution is -2.34. The van der Waals surface area contributed by atoms with Crippen molar-refractivity contribution in [2.24, 2.45) is 0 Å². The first-order valence-corrected chi connectivity index (χ1v) is 9.79. The first kappa shape index (κ1) is 17.1. The number of carbonyl (C=O) groups is 1. The van der Waals surface area contributed by atoms with Crippen LogP contribution in [0, 0.1) is 0 Å². The van der Waals surface area contributed by atoms with E-state index in [9.17, 15) is 4.79 Å². The highest BCUT2D eigenvalue weighted by Crippen LogP contribution is 2.24. The summed E-state index contributed by atoms with van der Waals surface area (Å²) >= 11 is 0. The van der Waals surface area contributed by atoms with Gasteiger partial charge < -0.3 is 14.7 Å². The second-order valence-electron chi connectivity index (χ2n) is 7.33. The third-order valence-electron chi connectivity index (χ3n) is 5.41. The molecule has 2 aliphatic rings. The number of hydrogen-bond acceptors (Lipinski definition) is 5. The van der Waals surface area contributed by atoms with Crippen molar-refractivity contribution in [2.45, 2.75) is 57.4 Å². The van der Waals surface area contributed by atoms with E-state index in [1.165, 1.54) is 44.2 Å². The minimum atomic E-state index is -0.260. The number of nitrogens with one attached hydrogen (secondary N) is 1. The van der Waals surface area contributed by atoms with E-state index < -0.39 is 0 Å². The van der Waals surface area contributed by atoms with Crippen molar-refractivity contribution < 1.29 is 9.32 Å². The molecular formula is C20H26N4O2. The van der Waals surface area contributed by atoms with Gasteiger partial charge >= 0.3 is 11.8 Å². The summed E-state index contributed by atoms with van der Waals surface area (Å²) in [5.74, 6) is 0.251. The van der Waals surface area contributed by atoms with E-state index in [1.54, 1.807) is 0 Å². The molecule has 0 unspecified atom stereocenters. The van der Waals surface area contributed by atoms with E-state index >= 15 is 0 Å². The quantitative estimate of drug-likeness (QED) is 0.846. The Kier molecular flexibility index (Phi) is 5.18. The van der Waals surface area contributed by atoms with Crippen molar-refractivity contribution in [2.75, 3.05) is 18.0 Å². The molecule has 0 radical (unpaired) electrons. The molecule has 4 rings (SSSR count). The average molecular weight is 354 g/mol. The third-order valence-corrected chi connectivity index (χ3v) is 5.41. The van der Waals surface area contributed by atoms with Crippen molar-refractivity contribution in [3.63, 3.8) is 0 Å². The zero-order valence-corrected chi connectivity index (χ0v) is 15.1. The lowest BCUT2D eigenvalue weighted by atomic mass is 10.1. The molecule has 6 nitrogen and oxygen atoms in total. The average Bonchev–Trinajstić information content (AvgIpc) is 3.31. The highest BCUT2D eigenvalue weighted by Gasteiger charge is 2.21. The van der Waals surface area contributed by atoms with Crippen LogP contribution in [0.1, 0.15) is 62.1 Å². The summed E-state index contributed by atoms with van der Waals surface area (Å²) < 4.78 is 5.20. The molecule has 6 heteroatoms. The molecule has 1 aromatic carbocycles. The van der Waals surface area contributed by atoms with Crippen molar-refractivity contribution >= 4 is 11.6 Å². The fourth-order valence-electron chi connectivity index (χ4n) is 3.90. The van der Waals surface area contributed by atoms with Gasteiger partial charge in [0.15, 0.2) is 0 Å². The van der Waals surface area contributed by atoms with Gasteiger partial charge in [0.1, 0.15) is 0 Å². The number of carbonyl (C=O) groups excluding carboxylic acids is 1. The van der Waals surface area contributed by atoms with Gasteiger partial charge in [-0.2, -0.15) is 4.98 Å². The van der Waals surface area contributed by atoms with Gasteiger partial charge in [-0.25, -0.2) is 0 Å². The number of amides is 1. The number of nitrogens with zero attached hydrogens (tertiary/aromatic N) is 3. The molecule has 2 fully saturated rings. The highest BCUT2D eigenvalue weighted by molar-refractivity contribution is 5.90. The fraction of sp³-hybridized carbons (Fsp3) is 0.550. The number of anilines is 1. The van der Waals surface area contributed by atoms with Crippen molar-refractivity contribution in [1.82, 2.24) is 15.5 Å². The van der Waals surface area contributed by atoms with Crippen LogP contribution in [0.25, 0.3) is 11.4 Å². The van der Waals surface area contributed by atoms with Crippen molar-refractivity contribution in [3.8, 4) is 11.4 Å². The summed E-state index contributed by atoms with van der Waals surface area (Å²) in [5, 5.41) is 7.03. The second kappa shape index (κ2) is 7.89. The van der Waals surface area contributed by atoms with Gasteiger partial charge in [-0.1, -0.05) is 30.8 Å². The van der Waals surface area contributed by atoms with Crippen LogP contribution in [0.3, 0.4) is 0 Å². The number of benzene rings is 1. The van der Waals surface area contributed by atoms with E-state index in [0.29, 0.717) is 5.82 Å². The molecule has 1 saturated heterocycles. The Morgan fingerprint density at radius 3 is 2.38 bits per heavy atom. The van der Waals surface area contributed by atoms with Crippen LogP contribution in [0.4, 0.5) is 5.69 Å². The topological polar surface area (TPSA) is 71.3 Å². The normalized spacial score (nSPS) is 18.7. The standard InChI is InChI=1S/C20H26N4O2/c25-19(21-16-7-3-1-2-4-8-16)20-22-18(23-26-20)15-9-11-17(12-10-15)24-13-5-6-14-24/h9-12,16H,1-8,13-14H2,(H,21,25). The molecule has 0 spiro atoms. The lowest BCUT2D eigenvalue weighted by Gasteiger charge is -2.17. The first-order chi connectivity index (χ1) is 12.8. The third kappa shape index (κ3) is 3.89. The van der Waals surface area contributed by atoms with Gasteiger partial charge in [0.05, 0.1) is 0 Å². The Morgan fingerprint density at radius 1 is 1.00 bits per heavy atom. The zero-order chi connectivity index (χ0) is 17.8. The molecule has 0 atom stereocenters. The monoisotopic (exact) mass is 354 g/mol. The van der Waals surface area contributed by atoms with Crippen LogP contribution in [0.15, 0.2) is 28.8 Å². The largest absolute Gasteiger partial charge is 0.372 e. The predicted octanol–water partition coefficient (Wildman–Crippen LogP) is 3.79. The Morgan fingerprint density at radius 2 is 1.69 bits per heavy atom. The van der Waals surface area contributed by atoms with Crippen LogP contribution >= 0.6 is 0 Å². The van der Waals surface area contributed by atoms with Gasteiger partial charge in [0.25, 0.3) is 0 Å². The first-order valence-electron chi connectivity index (χ1n) is 9.79. The molecule has 1 aliphatic carbocycles. The Hall–Kier alpha value is -2.37. The Labute approximate surface area is 154 Å². The van der Waals surface area contributed by atoms with E-state index in [2.05, 4.69) is 32.5 Å². The second-order valence-corrected chi connectivity index (χ2v) is 7.33. The zero-order valence-electron chi connectivity index (χ0n) is 15.1. The molecule has 138 valence electrons. The minimum absolute atomic E-state index is 0.0490. The van der Waals surface area contributed by atoms with Crippen LogP contribution < -0.4 is 10.2 Å². The van der Waals surface area contributed by atoms with E-state index in [4.69, 9.17) is 4.52 Å².